The fourth-order valence-corrected chi connectivity index (χ4v) is 3.20. The first-order chi connectivity index (χ1) is 8.50. The van der Waals surface area contributed by atoms with Crippen LogP contribution in [0.1, 0.15) is 18.4 Å². The van der Waals surface area contributed by atoms with E-state index in [0.29, 0.717) is 17.4 Å². The Morgan fingerprint density at radius 1 is 1.44 bits per heavy atom. The number of anilines is 1. The molecule has 1 saturated carbocycles. The fourth-order valence-electron chi connectivity index (χ4n) is 1.74. The predicted octanol–water partition coefficient (Wildman–Crippen LogP) is 1.11. The SMILES string of the molecule is COc1ccc(CNS(=O)(=O)CC2CC2)cc1N. The van der Waals surface area contributed by atoms with Gasteiger partial charge in [-0.05, 0) is 36.5 Å². The van der Waals surface area contributed by atoms with E-state index in [1.165, 1.54) is 0 Å². The van der Waals surface area contributed by atoms with Gasteiger partial charge in [0.15, 0.2) is 0 Å². The zero-order valence-corrected chi connectivity index (χ0v) is 11.2. The van der Waals surface area contributed by atoms with Crippen LogP contribution in [0.15, 0.2) is 18.2 Å². The summed E-state index contributed by atoms with van der Waals surface area (Å²) in [6.07, 6.45) is 2.05. The summed E-state index contributed by atoms with van der Waals surface area (Å²) in [5, 5.41) is 0. The van der Waals surface area contributed by atoms with Gasteiger partial charge < -0.3 is 10.5 Å². The quantitative estimate of drug-likeness (QED) is 0.759. The third-order valence-electron chi connectivity index (χ3n) is 2.94. The second-order valence-electron chi connectivity index (χ2n) is 4.62. The van der Waals surface area contributed by atoms with Crippen LogP contribution in [0, 0.1) is 5.92 Å². The Hall–Kier alpha value is -1.27. The van der Waals surface area contributed by atoms with Crippen molar-refractivity contribution in [2.45, 2.75) is 19.4 Å². The van der Waals surface area contributed by atoms with Crippen molar-refractivity contribution in [2.24, 2.45) is 5.92 Å². The Kier molecular flexibility index (Phi) is 3.77. The average molecular weight is 270 g/mol. The predicted molar refractivity (Wildman–Crippen MR) is 70.8 cm³/mol. The second-order valence-corrected chi connectivity index (χ2v) is 6.47. The van der Waals surface area contributed by atoms with E-state index in [1.54, 1.807) is 25.3 Å². The largest absolute Gasteiger partial charge is 0.495 e. The van der Waals surface area contributed by atoms with Crippen molar-refractivity contribution >= 4 is 15.7 Å². The van der Waals surface area contributed by atoms with Gasteiger partial charge >= 0.3 is 0 Å². The van der Waals surface area contributed by atoms with E-state index in [-0.39, 0.29) is 12.3 Å². The highest BCUT2D eigenvalue weighted by Gasteiger charge is 2.27. The van der Waals surface area contributed by atoms with E-state index in [0.717, 1.165) is 18.4 Å². The van der Waals surface area contributed by atoms with E-state index in [9.17, 15) is 8.42 Å². The van der Waals surface area contributed by atoms with E-state index in [1.807, 2.05) is 0 Å². The van der Waals surface area contributed by atoms with E-state index < -0.39 is 10.0 Å². The molecule has 0 spiro atoms. The van der Waals surface area contributed by atoms with Gasteiger partial charge in [-0.3, -0.25) is 0 Å². The molecule has 1 aliphatic carbocycles. The van der Waals surface area contributed by atoms with Crippen LogP contribution in [0.2, 0.25) is 0 Å². The van der Waals surface area contributed by atoms with Gasteiger partial charge in [0.25, 0.3) is 0 Å². The number of ether oxygens (including phenoxy) is 1. The molecule has 0 aromatic heterocycles. The van der Waals surface area contributed by atoms with Crippen molar-refractivity contribution in [2.75, 3.05) is 18.6 Å². The molecule has 1 aliphatic rings. The Morgan fingerprint density at radius 3 is 2.72 bits per heavy atom. The highest BCUT2D eigenvalue weighted by molar-refractivity contribution is 7.89. The minimum atomic E-state index is -3.17. The smallest absolute Gasteiger partial charge is 0.212 e. The lowest BCUT2D eigenvalue weighted by atomic mass is 10.2. The summed E-state index contributed by atoms with van der Waals surface area (Å²) in [5.41, 5.74) is 7.10. The number of rotatable bonds is 6. The van der Waals surface area contributed by atoms with Gasteiger partial charge in [-0.15, -0.1) is 0 Å². The molecule has 1 aromatic rings. The zero-order valence-electron chi connectivity index (χ0n) is 10.3. The summed E-state index contributed by atoms with van der Waals surface area (Å²) in [4.78, 5) is 0. The third-order valence-corrected chi connectivity index (χ3v) is 4.44. The average Bonchev–Trinajstić information content (AvgIpc) is 3.10. The van der Waals surface area contributed by atoms with Gasteiger partial charge in [-0.1, -0.05) is 6.07 Å². The molecular weight excluding hydrogens is 252 g/mol. The summed E-state index contributed by atoms with van der Waals surface area (Å²) in [5.74, 6) is 1.18. The Balaban J connectivity index is 1.95. The lowest BCUT2D eigenvalue weighted by Crippen LogP contribution is -2.26. The van der Waals surface area contributed by atoms with Crippen LogP contribution < -0.4 is 15.2 Å². The highest BCUT2D eigenvalue weighted by atomic mass is 32.2. The molecule has 1 fully saturated rings. The van der Waals surface area contributed by atoms with Crippen molar-refractivity contribution in [3.05, 3.63) is 23.8 Å². The second kappa shape index (κ2) is 5.16. The summed E-state index contributed by atoms with van der Waals surface area (Å²) < 4.78 is 31.0. The van der Waals surface area contributed by atoms with Gasteiger partial charge in [0.1, 0.15) is 5.75 Å². The lowest BCUT2D eigenvalue weighted by molar-refractivity contribution is 0.417. The number of hydrogen-bond donors (Lipinski definition) is 2. The topological polar surface area (TPSA) is 81.4 Å². The molecule has 0 saturated heterocycles. The molecule has 18 heavy (non-hydrogen) atoms. The molecule has 1 aromatic carbocycles. The zero-order chi connectivity index (χ0) is 13.2. The van der Waals surface area contributed by atoms with Crippen molar-refractivity contribution < 1.29 is 13.2 Å². The van der Waals surface area contributed by atoms with Gasteiger partial charge in [-0.25, -0.2) is 13.1 Å². The normalized spacial score (nSPS) is 15.6. The molecule has 0 bridgehead atoms. The number of nitrogens with two attached hydrogens (primary N) is 1. The van der Waals surface area contributed by atoms with Crippen molar-refractivity contribution in [1.82, 2.24) is 4.72 Å². The van der Waals surface area contributed by atoms with Crippen LogP contribution >= 0.6 is 0 Å². The van der Waals surface area contributed by atoms with E-state index in [2.05, 4.69) is 4.72 Å². The van der Waals surface area contributed by atoms with Crippen molar-refractivity contribution in [3.63, 3.8) is 0 Å². The minimum absolute atomic E-state index is 0.235. The Labute approximate surface area is 107 Å². The van der Waals surface area contributed by atoms with Crippen LogP contribution in [0.5, 0.6) is 5.75 Å². The van der Waals surface area contributed by atoms with E-state index >= 15 is 0 Å². The van der Waals surface area contributed by atoms with Crippen LogP contribution in [-0.4, -0.2) is 21.3 Å². The molecule has 0 unspecified atom stereocenters. The number of methoxy groups -OCH3 is 1. The van der Waals surface area contributed by atoms with Gasteiger partial charge in [0.2, 0.25) is 10.0 Å². The van der Waals surface area contributed by atoms with Crippen molar-refractivity contribution in [3.8, 4) is 5.75 Å². The number of nitrogen functional groups attached to an aromatic ring is 1. The van der Waals surface area contributed by atoms with Crippen LogP contribution in [-0.2, 0) is 16.6 Å². The molecule has 0 heterocycles. The molecule has 0 atom stereocenters. The van der Waals surface area contributed by atoms with Crippen LogP contribution in [0.4, 0.5) is 5.69 Å². The number of benzene rings is 1. The molecule has 0 radical (unpaired) electrons. The first-order valence-corrected chi connectivity index (χ1v) is 7.55. The molecule has 6 heteroatoms. The molecule has 3 N–H and O–H groups in total. The monoisotopic (exact) mass is 270 g/mol. The van der Waals surface area contributed by atoms with Crippen molar-refractivity contribution in [1.29, 1.82) is 0 Å². The minimum Gasteiger partial charge on any atom is -0.495 e. The fraction of sp³-hybridized carbons (Fsp3) is 0.500. The summed E-state index contributed by atoms with van der Waals surface area (Å²) in [7, 11) is -1.62. The van der Waals surface area contributed by atoms with Crippen LogP contribution in [0.3, 0.4) is 0 Å². The molecule has 100 valence electrons. The van der Waals surface area contributed by atoms with Gasteiger partial charge in [0.05, 0.1) is 18.6 Å². The maximum Gasteiger partial charge on any atom is 0.212 e. The molecular formula is C12H18N2O3S. The molecule has 0 amide bonds. The number of hydrogen-bond acceptors (Lipinski definition) is 4. The Bertz CT molecular complexity index is 524. The number of sulfonamides is 1. The summed E-state index contributed by atoms with van der Waals surface area (Å²) in [6.45, 7) is 0.267. The molecule has 5 nitrogen and oxygen atoms in total. The maximum atomic E-state index is 11.7. The first-order valence-electron chi connectivity index (χ1n) is 5.90. The lowest BCUT2D eigenvalue weighted by Gasteiger charge is -2.09. The highest BCUT2D eigenvalue weighted by Crippen LogP contribution is 2.30. The third kappa shape index (κ3) is 3.61. The molecule has 0 aliphatic heterocycles. The van der Waals surface area contributed by atoms with Crippen LogP contribution in [0.25, 0.3) is 0 Å². The van der Waals surface area contributed by atoms with Gasteiger partial charge in [-0.2, -0.15) is 0 Å². The summed E-state index contributed by atoms with van der Waals surface area (Å²) >= 11 is 0. The Morgan fingerprint density at radius 2 is 2.17 bits per heavy atom. The standard InChI is InChI=1S/C12H18N2O3S/c1-17-12-5-4-10(6-11(12)13)7-14-18(15,16)8-9-2-3-9/h4-6,9,14H,2-3,7-8,13H2,1H3. The summed E-state index contributed by atoms with van der Waals surface area (Å²) in [6, 6.07) is 5.26. The first kappa shape index (κ1) is 13.2. The van der Waals surface area contributed by atoms with Gasteiger partial charge in [0, 0.05) is 6.54 Å². The maximum absolute atomic E-state index is 11.7. The van der Waals surface area contributed by atoms with E-state index in [4.69, 9.17) is 10.5 Å². The number of nitrogens with one attached hydrogen (secondary N) is 1. The molecule has 2 rings (SSSR count).